The number of benzene rings is 2. The van der Waals surface area contributed by atoms with Gasteiger partial charge in [-0.25, -0.2) is 0 Å². The number of amides is 1. The zero-order valence-corrected chi connectivity index (χ0v) is 23.3. The fraction of sp³-hybridized carbons (Fsp3) is 0.548. The largest absolute Gasteiger partial charge is 0.493 e. The molecule has 2 aromatic rings. The van der Waals surface area contributed by atoms with Gasteiger partial charge in [-0.15, -0.1) is 0 Å². The van der Waals surface area contributed by atoms with Crippen molar-refractivity contribution in [3.8, 4) is 11.5 Å². The maximum Gasteiger partial charge on any atom is 0.228 e. The SMILES string of the molecule is COc1cc2c(cc1OC(C)C)[C@H](c1ccc(Cl)cc1)N(C1CCC(C(=O)C3CCOCC3)CC1)C(=O)C2. The summed E-state index contributed by atoms with van der Waals surface area (Å²) in [4.78, 5) is 29.0. The van der Waals surface area contributed by atoms with Gasteiger partial charge in [0.15, 0.2) is 11.5 Å². The van der Waals surface area contributed by atoms with E-state index in [0.717, 1.165) is 55.2 Å². The van der Waals surface area contributed by atoms with Crippen molar-refractivity contribution in [2.75, 3.05) is 20.3 Å². The Kier molecular flexibility index (Phi) is 8.29. The van der Waals surface area contributed by atoms with E-state index in [9.17, 15) is 9.59 Å². The van der Waals surface area contributed by atoms with E-state index >= 15 is 0 Å². The van der Waals surface area contributed by atoms with Crippen LogP contribution in [-0.4, -0.2) is 49.1 Å². The van der Waals surface area contributed by atoms with E-state index in [1.54, 1.807) is 7.11 Å². The van der Waals surface area contributed by atoms with Crippen molar-refractivity contribution in [2.45, 2.75) is 77.0 Å². The van der Waals surface area contributed by atoms with E-state index in [1.165, 1.54) is 0 Å². The van der Waals surface area contributed by atoms with Crippen LogP contribution in [0.3, 0.4) is 0 Å². The lowest BCUT2D eigenvalue weighted by Crippen LogP contribution is -2.49. The molecule has 0 N–H and O–H groups in total. The first-order chi connectivity index (χ1) is 18.4. The van der Waals surface area contributed by atoms with Gasteiger partial charge < -0.3 is 19.1 Å². The fourth-order valence-electron chi connectivity index (χ4n) is 6.43. The minimum absolute atomic E-state index is 0.0131. The summed E-state index contributed by atoms with van der Waals surface area (Å²) in [5, 5.41) is 0.661. The maximum atomic E-state index is 13.8. The first-order valence-corrected chi connectivity index (χ1v) is 14.3. The second-order valence-corrected chi connectivity index (χ2v) is 11.5. The molecule has 1 saturated carbocycles. The summed E-state index contributed by atoms with van der Waals surface area (Å²) < 4.78 is 17.2. The minimum Gasteiger partial charge on any atom is -0.493 e. The molecule has 5 rings (SSSR count). The minimum atomic E-state index is -0.253. The van der Waals surface area contributed by atoms with Gasteiger partial charge >= 0.3 is 0 Å². The summed E-state index contributed by atoms with van der Waals surface area (Å²) in [6.45, 7) is 5.35. The molecule has 2 heterocycles. The molecule has 0 aromatic heterocycles. The number of rotatable bonds is 7. The fourth-order valence-corrected chi connectivity index (χ4v) is 6.56. The summed E-state index contributed by atoms with van der Waals surface area (Å²) in [5.41, 5.74) is 3.04. The molecule has 204 valence electrons. The molecule has 1 atom stereocenters. The molecular formula is C31H38ClNO5. The molecule has 1 aliphatic carbocycles. The third-order valence-corrected chi connectivity index (χ3v) is 8.54. The van der Waals surface area contributed by atoms with Crippen molar-refractivity contribution in [2.24, 2.45) is 11.8 Å². The van der Waals surface area contributed by atoms with Gasteiger partial charge in [0.1, 0.15) is 5.78 Å². The van der Waals surface area contributed by atoms with Crippen LogP contribution in [-0.2, 0) is 20.7 Å². The Morgan fingerprint density at radius 1 is 0.974 bits per heavy atom. The smallest absolute Gasteiger partial charge is 0.228 e. The Balaban J connectivity index is 1.45. The van der Waals surface area contributed by atoms with Crippen LogP contribution in [0.15, 0.2) is 36.4 Å². The van der Waals surface area contributed by atoms with Crippen molar-refractivity contribution < 1.29 is 23.8 Å². The first-order valence-electron chi connectivity index (χ1n) is 13.9. The first kappa shape index (κ1) is 27.0. The monoisotopic (exact) mass is 539 g/mol. The van der Waals surface area contributed by atoms with E-state index < -0.39 is 0 Å². The molecule has 2 aliphatic heterocycles. The van der Waals surface area contributed by atoms with Crippen molar-refractivity contribution in [3.63, 3.8) is 0 Å². The summed E-state index contributed by atoms with van der Waals surface area (Å²) >= 11 is 6.24. The molecule has 0 bridgehead atoms. The Morgan fingerprint density at radius 2 is 1.63 bits per heavy atom. The average molecular weight is 540 g/mol. The predicted octanol–water partition coefficient (Wildman–Crippen LogP) is 6.16. The normalized spacial score (nSPS) is 24.3. The number of hydrogen-bond donors (Lipinski definition) is 0. The van der Waals surface area contributed by atoms with Gasteiger partial charge in [-0.05, 0) is 93.3 Å². The number of halogens is 1. The van der Waals surface area contributed by atoms with E-state index in [0.29, 0.717) is 41.9 Å². The summed E-state index contributed by atoms with van der Waals surface area (Å²) in [6.07, 6.45) is 5.29. The van der Waals surface area contributed by atoms with Crippen LogP contribution in [0.4, 0.5) is 0 Å². The Labute approximate surface area is 230 Å². The molecule has 1 saturated heterocycles. The number of fused-ring (bicyclic) bond motifs is 1. The lowest BCUT2D eigenvalue weighted by atomic mass is 9.76. The standard InChI is InChI=1S/C31H38ClNO5/c1-19(2)38-28-18-26-23(16-27(28)36-3)17-29(34)33(30(26)20-4-8-24(32)9-5-20)25-10-6-21(7-11-25)31(35)22-12-14-37-15-13-22/h4-5,8-9,16,18-19,21-22,25,30H,6-7,10-15,17H2,1-3H3/t21?,25?,30-/m0/s1. The Bertz CT molecular complexity index is 1150. The van der Waals surface area contributed by atoms with Gasteiger partial charge in [0.25, 0.3) is 0 Å². The second kappa shape index (κ2) is 11.7. The lowest BCUT2D eigenvalue weighted by Gasteiger charge is -2.45. The second-order valence-electron chi connectivity index (χ2n) is 11.1. The van der Waals surface area contributed by atoms with E-state index in [2.05, 4.69) is 4.90 Å². The molecule has 0 spiro atoms. The Morgan fingerprint density at radius 3 is 2.26 bits per heavy atom. The van der Waals surface area contributed by atoms with Crippen molar-refractivity contribution in [3.05, 3.63) is 58.1 Å². The average Bonchev–Trinajstić information content (AvgIpc) is 2.93. The van der Waals surface area contributed by atoms with E-state index in [1.807, 2.05) is 50.2 Å². The topological polar surface area (TPSA) is 65.1 Å². The lowest BCUT2D eigenvalue weighted by molar-refractivity contribution is -0.137. The maximum absolute atomic E-state index is 13.8. The molecule has 7 heteroatoms. The molecule has 2 fully saturated rings. The number of nitrogens with zero attached hydrogens (tertiary/aromatic N) is 1. The van der Waals surface area contributed by atoms with Gasteiger partial charge in [0.2, 0.25) is 5.91 Å². The number of methoxy groups -OCH3 is 1. The summed E-state index contributed by atoms with van der Waals surface area (Å²) in [7, 11) is 1.63. The predicted molar refractivity (Wildman–Crippen MR) is 147 cm³/mol. The molecule has 1 amide bonds. The molecular weight excluding hydrogens is 502 g/mol. The third-order valence-electron chi connectivity index (χ3n) is 8.29. The summed E-state index contributed by atoms with van der Waals surface area (Å²) in [5.74, 6) is 2.05. The molecule has 38 heavy (non-hydrogen) atoms. The Hall–Kier alpha value is -2.57. The van der Waals surface area contributed by atoms with Crippen molar-refractivity contribution in [1.29, 1.82) is 0 Å². The number of Topliss-reactive ketones (excluding diaryl/α,β-unsaturated/α-hetero) is 1. The highest BCUT2D eigenvalue weighted by Gasteiger charge is 2.41. The third kappa shape index (κ3) is 5.57. The molecule has 6 nitrogen and oxygen atoms in total. The van der Waals surface area contributed by atoms with E-state index in [-0.39, 0.29) is 35.9 Å². The van der Waals surface area contributed by atoms with Gasteiger partial charge in [-0.3, -0.25) is 9.59 Å². The van der Waals surface area contributed by atoms with Crippen molar-refractivity contribution >= 4 is 23.3 Å². The molecule has 2 aromatic carbocycles. The molecule has 3 aliphatic rings. The zero-order chi connectivity index (χ0) is 26.8. The van der Waals surface area contributed by atoms with Crippen LogP contribution >= 0.6 is 11.6 Å². The van der Waals surface area contributed by atoms with Crippen LogP contribution in [0.2, 0.25) is 5.02 Å². The summed E-state index contributed by atoms with van der Waals surface area (Å²) in [6, 6.07) is 11.6. The number of hydrogen-bond acceptors (Lipinski definition) is 5. The van der Waals surface area contributed by atoms with Gasteiger partial charge in [-0.1, -0.05) is 23.7 Å². The van der Waals surface area contributed by atoms with Crippen LogP contribution in [0.25, 0.3) is 0 Å². The van der Waals surface area contributed by atoms with Gasteiger partial charge in [-0.2, -0.15) is 0 Å². The number of ketones is 1. The highest BCUT2D eigenvalue weighted by molar-refractivity contribution is 6.30. The zero-order valence-electron chi connectivity index (χ0n) is 22.6. The van der Waals surface area contributed by atoms with E-state index in [4.69, 9.17) is 25.8 Å². The highest BCUT2D eigenvalue weighted by Crippen LogP contribution is 2.45. The quantitative estimate of drug-likeness (QED) is 0.421. The molecule has 0 radical (unpaired) electrons. The number of ether oxygens (including phenoxy) is 3. The van der Waals surface area contributed by atoms with Crippen LogP contribution < -0.4 is 9.47 Å². The highest BCUT2D eigenvalue weighted by atomic mass is 35.5. The number of carbonyl (C=O) groups is 2. The molecule has 0 unspecified atom stereocenters. The van der Waals surface area contributed by atoms with Crippen LogP contribution in [0.1, 0.15) is 75.1 Å². The van der Waals surface area contributed by atoms with Crippen molar-refractivity contribution in [1.82, 2.24) is 4.90 Å². The van der Waals surface area contributed by atoms with Crippen LogP contribution in [0, 0.1) is 11.8 Å². The van der Waals surface area contributed by atoms with Gasteiger partial charge in [0, 0.05) is 36.1 Å². The van der Waals surface area contributed by atoms with Gasteiger partial charge in [0.05, 0.1) is 25.7 Å². The number of carbonyl (C=O) groups excluding carboxylic acids is 2. The van der Waals surface area contributed by atoms with Crippen LogP contribution in [0.5, 0.6) is 11.5 Å².